The number of aryl methyl sites for hydroxylation is 1. The van der Waals surface area contributed by atoms with Gasteiger partial charge in [0, 0.05) is 56.1 Å². The molecular weight excluding hydrogens is 673 g/mol. The van der Waals surface area contributed by atoms with E-state index in [9.17, 15) is 9.90 Å². The molecule has 1 radical (unpaired) electrons. The van der Waals surface area contributed by atoms with Crippen molar-refractivity contribution in [2.75, 3.05) is 0 Å². The second-order valence-electron chi connectivity index (χ2n) is 11.2. The number of aliphatic hydroxyl groups is 1. The van der Waals surface area contributed by atoms with Crippen LogP contribution in [0.5, 0.6) is 0 Å². The summed E-state index contributed by atoms with van der Waals surface area (Å²) in [6.45, 7) is 14.8. The predicted octanol–water partition coefficient (Wildman–Crippen LogP) is 9.07. The number of aliphatic hydroxyl groups excluding tert-OH is 1. The van der Waals surface area contributed by atoms with E-state index in [4.69, 9.17) is 4.98 Å². The molecule has 5 heteroatoms. The molecule has 0 saturated carbocycles. The van der Waals surface area contributed by atoms with Crippen molar-refractivity contribution in [2.24, 2.45) is 11.8 Å². The minimum atomic E-state index is -0.0994. The molecule has 0 aliphatic heterocycles. The van der Waals surface area contributed by atoms with Gasteiger partial charge in [0.05, 0.1) is 5.76 Å². The normalized spacial score (nSPS) is 13.6. The molecular formula is C35H41IrN2O2-. The Kier molecular flexibility index (Phi) is 10.4. The van der Waals surface area contributed by atoms with Crippen LogP contribution in [0.1, 0.15) is 83.9 Å². The van der Waals surface area contributed by atoms with E-state index in [1.165, 1.54) is 33.5 Å². The first-order chi connectivity index (χ1) is 18.7. The number of hydrogen-bond donors (Lipinski definition) is 1. The topological polar surface area (TPSA) is 63.1 Å². The summed E-state index contributed by atoms with van der Waals surface area (Å²) in [5, 5.41) is 13.3. The minimum absolute atomic E-state index is 0. The van der Waals surface area contributed by atoms with Gasteiger partial charge in [0.2, 0.25) is 0 Å². The van der Waals surface area contributed by atoms with E-state index in [-0.39, 0.29) is 48.9 Å². The van der Waals surface area contributed by atoms with Gasteiger partial charge in [0.15, 0.2) is 5.78 Å². The molecule has 0 spiro atoms. The Labute approximate surface area is 252 Å². The van der Waals surface area contributed by atoms with Crippen LogP contribution in [0.3, 0.4) is 0 Å². The Morgan fingerprint density at radius 1 is 0.950 bits per heavy atom. The van der Waals surface area contributed by atoms with Gasteiger partial charge in [-0.25, -0.2) is 0 Å². The summed E-state index contributed by atoms with van der Waals surface area (Å²) in [6.07, 6.45) is 8.66. The minimum Gasteiger partial charge on any atom is -0.512 e. The number of carbonyl (C=O) groups excluding carboxylic acids is 1. The van der Waals surface area contributed by atoms with Crippen LogP contribution in [0, 0.1) is 24.8 Å². The average Bonchev–Trinajstić information content (AvgIpc) is 2.92. The van der Waals surface area contributed by atoms with Gasteiger partial charge >= 0.3 is 0 Å². The zero-order valence-corrected chi connectivity index (χ0v) is 27.2. The molecule has 0 atom stereocenters. The fourth-order valence-corrected chi connectivity index (χ4v) is 5.80. The second-order valence-corrected chi connectivity index (χ2v) is 11.2. The van der Waals surface area contributed by atoms with Crippen molar-refractivity contribution in [1.82, 2.24) is 9.97 Å². The maximum Gasteiger partial charge on any atom is 0.162 e. The van der Waals surface area contributed by atoms with Crippen molar-refractivity contribution in [3.63, 3.8) is 0 Å². The van der Waals surface area contributed by atoms with Gasteiger partial charge in [-0.2, -0.15) is 0 Å². The van der Waals surface area contributed by atoms with Gasteiger partial charge in [-0.1, -0.05) is 87.9 Å². The largest absolute Gasteiger partial charge is 0.512 e. The smallest absolute Gasteiger partial charge is 0.162 e. The van der Waals surface area contributed by atoms with E-state index in [0.29, 0.717) is 0 Å². The van der Waals surface area contributed by atoms with E-state index in [1.807, 2.05) is 46.2 Å². The molecule has 0 amide bonds. The Morgan fingerprint density at radius 2 is 1.62 bits per heavy atom. The summed E-state index contributed by atoms with van der Waals surface area (Å²) in [5.74, 6) is 0.547. The maximum absolute atomic E-state index is 11.7. The Balaban J connectivity index is 0.000000243. The number of hydrogen-bond acceptors (Lipinski definition) is 4. The number of allylic oxidation sites excluding steroid dienone is 2. The van der Waals surface area contributed by atoms with Crippen LogP contribution >= 0.6 is 0 Å². The number of fused-ring (bicyclic) bond motifs is 3. The van der Waals surface area contributed by atoms with Crippen LogP contribution in [0.15, 0.2) is 60.6 Å². The SMILES string of the molecule is CCC(CC)C(=O)/C=C(\O)C(CC)CC.Cc1cc2c3c(nccc3c1)-c1[c-]c3cccnc3cc1C2(C)C.[Ir]. The van der Waals surface area contributed by atoms with E-state index < -0.39 is 0 Å². The average molecular weight is 714 g/mol. The number of aromatic nitrogens is 2. The summed E-state index contributed by atoms with van der Waals surface area (Å²) in [4.78, 5) is 21.0. The molecule has 0 bridgehead atoms. The zero-order valence-electron chi connectivity index (χ0n) is 24.8. The molecule has 4 aromatic rings. The summed E-state index contributed by atoms with van der Waals surface area (Å²) in [5.41, 5.74) is 6.94. The summed E-state index contributed by atoms with van der Waals surface area (Å²) >= 11 is 0. The summed E-state index contributed by atoms with van der Waals surface area (Å²) in [6, 6.07) is 16.5. The van der Waals surface area contributed by atoms with Crippen molar-refractivity contribution in [2.45, 2.75) is 79.6 Å². The van der Waals surface area contributed by atoms with Gasteiger partial charge < -0.3 is 5.11 Å². The monoisotopic (exact) mass is 714 g/mol. The molecule has 2 heterocycles. The first-order valence-corrected chi connectivity index (χ1v) is 14.3. The van der Waals surface area contributed by atoms with E-state index >= 15 is 0 Å². The van der Waals surface area contributed by atoms with E-state index in [2.05, 4.69) is 62.2 Å². The molecule has 1 N–H and O–H groups in total. The van der Waals surface area contributed by atoms with Gasteiger partial charge in [-0.3, -0.25) is 14.8 Å². The number of ketones is 1. The molecule has 1 aliphatic carbocycles. The van der Waals surface area contributed by atoms with Crippen molar-refractivity contribution in [1.29, 1.82) is 0 Å². The van der Waals surface area contributed by atoms with E-state index in [1.54, 1.807) is 0 Å². The Hall–Kier alpha value is -2.88. The van der Waals surface area contributed by atoms with Crippen molar-refractivity contribution < 1.29 is 30.0 Å². The van der Waals surface area contributed by atoms with E-state index in [0.717, 1.165) is 47.8 Å². The standard InChI is InChI=1S/C22H17N2.C13H24O2.Ir/c1-13-9-15-6-8-24-21-16-11-14-5-4-7-23-19(14)12-17(16)22(2,3)18(10-13)20(15)21;1-5-10(6-2)12(14)9-13(15)11(7-3)8-4;/h4-10,12H,1-3H3;9-11,14H,5-8H2,1-4H3;/q-1;;/b;12-9-;. The molecule has 0 unspecified atom stereocenters. The molecule has 0 fully saturated rings. The van der Waals surface area contributed by atoms with Crippen LogP contribution < -0.4 is 0 Å². The Bertz CT molecular complexity index is 1530. The van der Waals surface area contributed by atoms with Gasteiger partial charge in [-0.05, 0) is 65.9 Å². The first-order valence-electron chi connectivity index (χ1n) is 14.3. The summed E-state index contributed by atoms with van der Waals surface area (Å²) < 4.78 is 0. The van der Waals surface area contributed by atoms with Crippen LogP contribution in [-0.2, 0) is 30.3 Å². The van der Waals surface area contributed by atoms with Crippen molar-refractivity contribution >= 4 is 27.5 Å². The molecule has 0 saturated heterocycles. The third-order valence-corrected chi connectivity index (χ3v) is 8.32. The molecule has 40 heavy (non-hydrogen) atoms. The molecule has 4 nitrogen and oxygen atoms in total. The van der Waals surface area contributed by atoms with Crippen LogP contribution in [0.2, 0.25) is 0 Å². The molecule has 213 valence electrons. The second kappa shape index (κ2) is 13.2. The number of carbonyl (C=O) groups is 1. The third-order valence-electron chi connectivity index (χ3n) is 8.32. The molecule has 5 rings (SSSR count). The van der Waals surface area contributed by atoms with Crippen molar-refractivity contribution in [3.8, 4) is 11.3 Å². The molecule has 2 aromatic carbocycles. The Morgan fingerprint density at radius 3 is 2.27 bits per heavy atom. The fourth-order valence-electron chi connectivity index (χ4n) is 5.80. The maximum atomic E-state index is 11.7. The number of pyridine rings is 2. The number of benzene rings is 2. The van der Waals surface area contributed by atoms with Gasteiger partial charge in [-0.15, -0.1) is 12.1 Å². The first kappa shape index (κ1) is 31.6. The molecule has 1 aliphatic rings. The number of nitrogens with zero attached hydrogens (tertiary/aromatic N) is 2. The number of rotatable bonds is 7. The van der Waals surface area contributed by atoms with Crippen LogP contribution in [0.25, 0.3) is 32.9 Å². The predicted molar refractivity (Wildman–Crippen MR) is 162 cm³/mol. The van der Waals surface area contributed by atoms with Crippen molar-refractivity contribution in [3.05, 3.63) is 83.4 Å². The summed E-state index contributed by atoms with van der Waals surface area (Å²) in [7, 11) is 0. The quantitative estimate of drug-likeness (QED) is 0.118. The van der Waals surface area contributed by atoms with Crippen LogP contribution in [-0.4, -0.2) is 20.9 Å². The fraction of sp³-hybridized carbons (Fsp3) is 0.400. The van der Waals surface area contributed by atoms with Gasteiger partial charge in [0.1, 0.15) is 0 Å². The molecule has 2 aromatic heterocycles. The zero-order chi connectivity index (χ0) is 28.3. The third kappa shape index (κ3) is 6.06. The van der Waals surface area contributed by atoms with Gasteiger partial charge in [0.25, 0.3) is 0 Å². The van der Waals surface area contributed by atoms with Crippen LogP contribution in [0.4, 0.5) is 0 Å².